The van der Waals surface area contributed by atoms with Gasteiger partial charge in [-0.1, -0.05) is 42.5 Å². The summed E-state index contributed by atoms with van der Waals surface area (Å²) in [7, 11) is 0. The largest absolute Gasteiger partial charge is 0.477 e. The number of amides is 2. The minimum atomic E-state index is -1.49. The molecule has 4 rings (SSSR count). The molecule has 2 amide bonds. The summed E-state index contributed by atoms with van der Waals surface area (Å²) in [5, 5.41) is 28.6. The second-order valence-corrected chi connectivity index (χ2v) is 6.54. The van der Waals surface area contributed by atoms with Crippen molar-refractivity contribution in [2.24, 2.45) is 16.1 Å². The lowest BCUT2D eigenvalue weighted by atomic mass is 9.97. The second kappa shape index (κ2) is 7.67. The molecule has 31 heavy (non-hydrogen) atoms. The van der Waals surface area contributed by atoms with Gasteiger partial charge in [0.25, 0.3) is 11.8 Å². The van der Waals surface area contributed by atoms with Crippen molar-refractivity contribution in [2.75, 3.05) is 10.0 Å². The molecular weight excluding hydrogens is 404 g/mol. The van der Waals surface area contributed by atoms with Crippen LogP contribution in [0, 0.1) is 5.92 Å². The van der Waals surface area contributed by atoms with E-state index in [1.54, 1.807) is 60.7 Å². The Morgan fingerprint density at radius 3 is 1.87 bits per heavy atom. The fraction of sp³-hybridized carbons (Fsp3) is 0.0476. The maximum absolute atomic E-state index is 12.9. The highest BCUT2D eigenvalue weighted by Gasteiger charge is 2.43. The lowest BCUT2D eigenvalue weighted by molar-refractivity contribution is -0.130. The Morgan fingerprint density at radius 1 is 0.806 bits per heavy atom. The molecule has 2 N–H and O–H groups in total. The summed E-state index contributed by atoms with van der Waals surface area (Å²) in [4.78, 5) is 49.3. The molecule has 0 unspecified atom stereocenters. The summed E-state index contributed by atoms with van der Waals surface area (Å²) in [5.74, 6) is -5.94. The summed E-state index contributed by atoms with van der Waals surface area (Å²) >= 11 is 0. The van der Waals surface area contributed by atoms with Gasteiger partial charge in [-0.2, -0.15) is 20.2 Å². The van der Waals surface area contributed by atoms with Crippen LogP contribution in [0.4, 0.5) is 11.4 Å². The van der Waals surface area contributed by atoms with E-state index in [0.29, 0.717) is 11.4 Å². The number of rotatable bonds is 5. The van der Waals surface area contributed by atoms with Gasteiger partial charge in [0.2, 0.25) is 0 Å². The van der Waals surface area contributed by atoms with Crippen LogP contribution in [-0.4, -0.2) is 45.4 Å². The van der Waals surface area contributed by atoms with Crippen LogP contribution in [-0.2, 0) is 19.2 Å². The van der Waals surface area contributed by atoms with Crippen molar-refractivity contribution in [1.82, 2.24) is 0 Å². The number of hydrazone groups is 2. The minimum Gasteiger partial charge on any atom is -0.477 e. The number of carbonyl (C=O) groups is 4. The molecule has 2 aliphatic rings. The van der Waals surface area contributed by atoms with Gasteiger partial charge in [-0.15, -0.1) is 0 Å². The number of para-hydroxylation sites is 2. The molecule has 0 saturated heterocycles. The minimum absolute atomic E-state index is 0.324. The molecule has 0 bridgehead atoms. The number of anilines is 2. The van der Waals surface area contributed by atoms with Crippen molar-refractivity contribution >= 4 is 46.6 Å². The van der Waals surface area contributed by atoms with Crippen molar-refractivity contribution in [3.63, 3.8) is 0 Å². The molecule has 10 heteroatoms. The van der Waals surface area contributed by atoms with Gasteiger partial charge in [0.15, 0.2) is 11.4 Å². The average molecular weight is 418 g/mol. The van der Waals surface area contributed by atoms with Crippen LogP contribution in [0.2, 0.25) is 0 Å². The topological polar surface area (TPSA) is 140 Å². The number of aliphatic carboxylic acids is 2. The van der Waals surface area contributed by atoms with Crippen LogP contribution in [0.5, 0.6) is 0 Å². The molecule has 2 aliphatic heterocycles. The van der Waals surface area contributed by atoms with Gasteiger partial charge < -0.3 is 10.2 Å². The van der Waals surface area contributed by atoms with Crippen LogP contribution in [0.25, 0.3) is 0 Å². The van der Waals surface area contributed by atoms with E-state index in [1.165, 1.54) is 0 Å². The zero-order valence-corrected chi connectivity index (χ0v) is 15.7. The number of carbonyl (C=O) groups excluding carboxylic acids is 2. The highest BCUT2D eigenvalue weighted by atomic mass is 16.4. The van der Waals surface area contributed by atoms with Crippen LogP contribution < -0.4 is 10.0 Å². The number of carboxylic acids is 2. The molecular formula is C21H14N4O6. The van der Waals surface area contributed by atoms with E-state index in [9.17, 15) is 29.4 Å². The van der Waals surface area contributed by atoms with Crippen LogP contribution in [0.15, 0.2) is 82.5 Å². The molecule has 154 valence electrons. The first-order valence-electron chi connectivity index (χ1n) is 9.03. The molecule has 0 saturated carbocycles. The summed E-state index contributed by atoms with van der Waals surface area (Å²) < 4.78 is 0. The zero-order chi connectivity index (χ0) is 22.1. The van der Waals surface area contributed by atoms with Gasteiger partial charge >= 0.3 is 11.9 Å². The number of nitrogens with zero attached hydrogens (tertiary/aromatic N) is 4. The molecule has 2 aromatic carbocycles. The Kier molecular flexibility index (Phi) is 4.88. The zero-order valence-electron chi connectivity index (χ0n) is 15.7. The van der Waals surface area contributed by atoms with E-state index in [2.05, 4.69) is 10.2 Å². The molecule has 2 aromatic rings. The fourth-order valence-electron chi connectivity index (χ4n) is 3.18. The Balaban J connectivity index is 1.75. The third kappa shape index (κ3) is 3.46. The predicted molar refractivity (Wildman–Crippen MR) is 110 cm³/mol. The Hall–Kier alpha value is -4.60. The summed E-state index contributed by atoms with van der Waals surface area (Å²) in [6.45, 7) is 0. The van der Waals surface area contributed by atoms with Gasteiger partial charge in [-0.25, -0.2) is 9.59 Å². The van der Waals surface area contributed by atoms with E-state index in [0.717, 1.165) is 16.1 Å². The van der Waals surface area contributed by atoms with Gasteiger partial charge in [0.05, 0.1) is 16.9 Å². The van der Waals surface area contributed by atoms with Gasteiger partial charge in [0, 0.05) is 0 Å². The Labute approximate surface area is 175 Å². The molecule has 2 heterocycles. The van der Waals surface area contributed by atoms with Crippen LogP contribution in [0.3, 0.4) is 0 Å². The van der Waals surface area contributed by atoms with E-state index in [1.807, 2.05) is 0 Å². The second-order valence-electron chi connectivity index (χ2n) is 6.54. The van der Waals surface area contributed by atoms with Crippen LogP contribution in [0.1, 0.15) is 0 Å². The van der Waals surface area contributed by atoms with E-state index in [-0.39, 0.29) is 0 Å². The molecule has 0 radical (unpaired) electrons. The van der Waals surface area contributed by atoms with E-state index in [4.69, 9.17) is 0 Å². The van der Waals surface area contributed by atoms with Crippen molar-refractivity contribution in [3.05, 3.63) is 72.3 Å². The first kappa shape index (κ1) is 19.7. The van der Waals surface area contributed by atoms with Gasteiger partial charge in [-0.05, 0) is 24.3 Å². The van der Waals surface area contributed by atoms with Gasteiger partial charge in [0.1, 0.15) is 5.92 Å². The molecule has 10 nitrogen and oxygen atoms in total. The lowest BCUT2D eigenvalue weighted by Crippen LogP contribution is -2.30. The number of hydrogen-bond donors (Lipinski definition) is 2. The van der Waals surface area contributed by atoms with E-state index >= 15 is 0 Å². The normalized spacial score (nSPS) is 19.6. The summed E-state index contributed by atoms with van der Waals surface area (Å²) in [6.07, 6.45) is 0.996. The first-order valence-corrected chi connectivity index (χ1v) is 9.03. The highest BCUT2D eigenvalue weighted by Crippen LogP contribution is 2.29. The maximum Gasteiger partial charge on any atom is 0.357 e. The molecule has 0 aromatic heterocycles. The number of hydrogen-bond acceptors (Lipinski definition) is 6. The highest BCUT2D eigenvalue weighted by molar-refractivity contribution is 6.53. The molecule has 0 spiro atoms. The van der Waals surface area contributed by atoms with Gasteiger partial charge in [-0.3, -0.25) is 9.59 Å². The van der Waals surface area contributed by atoms with Crippen molar-refractivity contribution in [3.8, 4) is 0 Å². The first-order chi connectivity index (χ1) is 14.9. The van der Waals surface area contributed by atoms with E-state index < -0.39 is 46.7 Å². The van der Waals surface area contributed by atoms with Crippen LogP contribution >= 0.6 is 0 Å². The quantitative estimate of drug-likeness (QED) is 0.706. The standard InChI is InChI=1S/C21H14N4O6/c26-18-14(16(20(28)29)22-24(18)12-7-3-1-4-8-12)11-15-17(21(30)31)23-25(19(15)27)13-9-5-2-6-10-13/h1-11,14H,(H,28,29)(H,30,31)/b15-11+/t14-/m1/s1. The lowest BCUT2D eigenvalue weighted by Gasteiger charge is -2.13. The number of carboxylic acid groups (broad SMARTS) is 2. The maximum atomic E-state index is 12.9. The molecule has 0 aliphatic carbocycles. The average Bonchev–Trinajstić information content (AvgIpc) is 3.27. The molecule has 1 atom stereocenters. The Bertz CT molecular complexity index is 1190. The monoisotopic (exact) mass is 418 g/mol. The SMILES string of the molecule is O=C(O)C1=NN(c2ccccc2)C(=O)/C1=C/[C@H]1C(=O)N(c2ccccc2)N=C1C(=O)O. The summed E-state index contributed by atoms with van der Waals surface area (Å²) in [6, 6.07) is 16.3. The van der Waals surface area contributed by atoms with Crippen molar-refractivity contribution in [1.29, 1.82) is 0 Å². The molecule has 0 fully saturated rings. The number of benzene rings is 2. The third-order valence-electron chi connectivity index (χ3n) is 4.61. The Morgan fingerprint density at radius 2 is 1.35 bits per heavy atom. The third-order valence-corrected chi connectivity index (χ3v) is 4.61. The van der Waals surface area contributed by atoms with Crippen molar-refractivity contribution < 1.29 is 29.4 Å². The fourth-order valence-corrected chi connectivity index (χ4v) is 3.18. The predicted octanol–water partition coefficient (Wildman–Crippen LogP) is 1.50. The summed E-state index contributed by atoms with van der Waals surface area (Å²) in [5.41, 5.74) is -0.853. The smallest absolute Gasteiger partial charge is 0.357 e. The van der Waals surface area contributed by atoms with Crippen molar-refractivity contribution in [2.45, 2.75) is 0 Å².